The summed E-state index contributed by atoms with van der Waals surface area (Å²) in [5.74, 6) is -0.198. The van der Waals surface area contributed by atoms with E-state index in [1.807, 2.05) is 6.92 Å². The highest BCUT2D eigenvalue weighted by Crippen LogP contribution is 2.32. The first kappa shape index (κ1) is 16.8. The molecule has 0 aromatic carbocycles. The van der Waals surface area contributed by atoms with Crippen LogP contribution in [0.3, 0.4) is 0 Å². The summed E-state index contributed by atoms with van der Waals surface area (Å²) in [6.45, 7) is 7.37. The van der Waals surface area contributed by atoms with E-state index in [0.717, 1.165) is 25.7 Å². The maximum Gasteiger partial charge on any atom is 0.329 e. The zero-order chi connectivity index (χ0) is 15.2. The largest absolute Gasteiger partial charge is 0.479 e. The van der Waals surface area contributed by atoms with Crippen LogP contribution < -0.4 is 5.32 Å². The van der Waals surface area contributed by atoms with Gasteiger partial charge in [-0.1, -0.05) is 33.6 Å². The molecule has 1 rings (SSSR count). The summed E-state index contributed by atoms with van der Waals surface area (Å²) in [7, 11) is 0. The number of carbonyl (C=O) groups is 2. The van der Waals surface area contributed by atoms with Crippen molar-refractivity contribution in [1.29, 1.82) is 0 Å². The number of unbranched alkanes of at least 4 members (excludes halogenated alkanes) is 1. The minimum absolute atomic E-state index is 0.226. The lowest BCUT2D eigenvalue weighted by Crippen LogP contribution is -2.55. The van der Waals surface area contributed by atoms with Gasteiger partial charge in [-0.2, -0.15) is 0 Å². The summed E-state index contributed by atoms with van der Waals surface area (Å²) in [4.78, 5) is 25.2. The molecule has 5 nitrogen and oxygen atoms in total. The third-order valence-corrected chi connectivity index (χ3v) is 4.20. The molecule has 0 aromatic heterocycles. The Morgan fingerprint density at radius 3 is 2.60 bits per heavy atom. The smallest absolute Gasteiger partial charge is 0.329 e. The summed E-state index contributed by atoms with van der Waals surface area (Å²) in [6, 6.07) is -0.226. The molecule has 0 aromatic rings. The molecule has 1 aliphatic rings. The Bertz CT molecular complexity index is 344. The van der Waals surface area contributed by atoms with E-state index >= 15 is 0 Å². The number of nitrogens with zero attached hydrogens (tertiary/aromatic N) is 1. The number of aliphatic carboxylic acids is 1. The molecule has 1 unspecified atom stereocenters. The monoisotopic (exact) mass is 284 g/mol. The third kappa shape index (κ3) is 3.87. The second kappa shape index (κ2) is 7.50. The van der Waals surface area contributed by atoms with Crippen LogP contribution in [0.25, 0.3) is 0 Å². The van der Waals surface area contributed by atoms with Gasteiger partial charge in [-0.05, 0) is 31.6 Å². The van der Waals surface area contributed by atoms with E-state index in [1.165, 1.54) is 4.90 Å². The van der Waals surface area contributed by atoms with Crippen molar-refractivity contribution in [3.63, 3.8) is 0 Å². The Hall–Kier alpha value is -1.26. The van der Waals surface area contributed by atoms with Crippen molar-refractivity contribution in [2.75, 3.05) is 13.1 Å². The van der Waals surface area contributed by atoms with Crippen LogP contribution in [0.5, 0.6) is 0 Å². The summed E-state index contributed by atoms with van der Waals surface area (Å²) >= 11 is 0. The molecular weight excluding hydrogens is 256 g/mol. The molecule has 0 aliphatic carbocycles. The van der Waals surface area contributed by atoms with Crippen molar-refractivity contribution in [2.24, 2.45) is 5.92 Å². The molecule has 0 bridgehead atoms. The number of carboxylic acid groups (broad SMARTS) is 1. The fourth-order valence-electron chi connectivity index (χ4n) is 2.88. The number of carbonyl (C=O) groups excluding carboxylic acids is 1. The van der Waals surface area contributed by atoms with Gasteiger partial charge in [0.15, 0.2) is 0 Å². The molecule has 2 amide bonds. The van der Waals surface area contributed by atoms with Gasteiger partial charge in [0.1, 0.15) is 5.54 Å². The average Bonchev–Trinajstić information content (AvgIpc) is 2.82. The van der Waals surface area contributed by atoms with Crippen molar-refractivity contribution in [3.8, 4) is 0 Å². The number of likely N-dealkylation sites (tertiary alicyclic amines) is 1. The Morgan fingerprint density at radius 2 is 2.05 bits per heavy atom. The van der Waals surface area contributed by atoms with E-state index in [-0.39, 0.29) is 6.03 Å². The summed E-state index contributed by atoms with van der Waals surface area (Å²) < 4.78 is 0. The van der Waals surface area contributed by atoms with E-state index in [0.29, 0.717) is 31.8 Å². The number of rotatable bonds is 7. The van der Waals surface area contributed by atoms with Gasteiger partial charge in [0.25, 0.3) is 0 Å². The highest BCUT2D eigenvalue weighted by Gasteiger charge is 2.48. The summed E-state index contributed by atoms with van der Waals surface area (Å²) in [5, 5.41) is 12.3. The van der Waals surface area contributed by atoms with Crippen molar-refractivity contribution in [1.82, 2.24) is 10.2 Å². The molecule has 0 spiro atoms. The van der Waals surface area contributed by atoms with Gasteiger partial charge in [0, 0.05) is 13.1 Å². The summed E-state index contributed by atoms with van der Waals surface area (Å²) in [5.41, 5.74) is -0.998. The first-order chi connectivity index (χ1) is 9.44. The van der Waals surface area contributed by atoms with Crippen molar-refractivity contribution in [2.45, 2.75) is 64.8 Å². The van der Waals surface area contributed by atoms with Gasteiger partial charge < -0.3 is 15.3 Å². The van der Waals surface area contributed by atoms with Crippen LogP contribution in [-0.2, 0) is 4.79 Å². The fraction of sp³-hybridized carbons (Fsp3) is 0.867. The number of amides is 2. The van der Waals surface area contributed by atoms with Gasteiger partial charge in [-0.15, -0.1) is 0 Å². The van der Waals surface area contributed by atoms with Crippen LogP contribution in [0.15, 0.2) is 0 Å². The Labute approximate surface area is 121 Å². The first-order valence-electron chi connectivity index (χ1n) is 7.73. The zero-order valence-corrected chi connectivity index (χ0v) is 12.9. The van der Waals surface area contributed by atoms with Crippen LogP contribution in [0.4, 0.5) is 4.79 Å². The maximum atomic E-state index is 12.2. The predicted molar refractivity (Wildman–Crippen MR) is 78.7 cm³/mol. The van der Waals surface area contributed by atoms with Gasteiger partial charge in [-0.3, -0.25) is 0 Å². The minimum Gasteiger partial charge on any atom is -0.479 e. The van der Waals surface area contributed by atoms with Crippen LogP contribution in [-0.4, -0.2) is 40.6 Å². The molecule has 1 atom stereocenters. The van der Waals surface area contributed by atoms with Gasteiger partial charge in [0.2, 0.25) is 0 Å². The standard InChI is InChI=1S/C15H28N2O3/c1-4-15(13(18)19)9-7-11-17(15)14(20)16-10-6-5-8-12(2)3/h12H,4-11H2,1-3H3,(H,16,20)(H,18,19). The molecule has 2 N–H and O–H groups in total. The molecule has 5 heteroatoms. The minimum atomic E-state index is -0.998. The van der Waals surface area contributed by atoms with Crippen LogP contribution in [0.1, 0.15) is 59.3 Å². The normalized spacial score (nSPS) is 22.3. The van der Waals surface area contributed by atoms with Gasteiger partial charge in [-0.25, -0.2) is 9.59 Å². The van der Waals surface area contributed by atoms with Crippen molar-refractivity contribution in [3.05, 3.63) is 0 Å². The van der Waals surface area contributed by atoms with Crippen molar-refractivity contribution >= 4 is 12.0 Å². The van der Waals surface area contributed by atoms with E-state index in [1.54, 1.807) is 0 Å². The molecule has 0 saturated carbocycles. The van der Waals surface area contributed by atoms with Crippen LogP contribution in [0, 0.1) is 5.92 Å². The highest BCUT2D eigenvalue weighted by molar-refractivity contribution is 5.87. The second-order valence-corrected chi connectivity index (χ2v) is 6.07. The lowest BCUT2D eigenvalue weighted by molar-refractivity contribution is -0.148. The Kier molecular flexibility index (Phi) is 6.30. The molecule has 1 fully saturated rings. The predicted octanol–water partition coefficient (Wildman–Crippen LogP) is 2.85. The van der Waals surface area contributed by atoms with Gasteiger partial charge >= 0.3 is 12.0 Å². The molecule has 20 heavy (non-hydrogen) atoms. The number of nitrogens with one attached hydrogen (secondary N) is 1. The summed E-state index contributed by atoms with van der Waals surface area (Å²) in [6.07, 6.45) is 4.98. The second-order valence-electron chi connectivity index (χ2n) is 6.07. The van der Waals surface area contributed by atoms with Crippen molar-refractivity contribution < 1.29 is 14.7 Å². The fourth-order valence-corrected chi connectivity index (χ4v) is 2.88. The lowest BCUT2D eigenvalue weighted by Gasteiger charge is -2.33. The van der Waals surface area contributed by atoms with Crippen LogP contribution >= 0.6 is 0 Å². The molecule has 1 aliphatic heterocycles. The van der Waals surface area contributed by atoms with Gasteiger partial charge in [0.05, 0.1) is 0 Å². The number of carboxylic acids is 1. The quantitative estimate of drug-likeness (QED) is 0.706. The molecule has 1 saturated heterocycles. The van der Waals surface area contributed by atoms with E-state index in [4.69, 9.17) is 0 Å². The third-order valence-electron chi connectivity index (χ3n) is 4.20. The first-order valence-corrected chi connectivity index (χ1v) is 7.73. The molecular formula is C15H28N2O3. The average molecular weight is 284 g/mol. The zero-order valence-electron chi connectivity index (χ0n) is 12.9. The molecule has 1 heterocycles. The van der Waals surface area contributed by atoms with E-state index in [9.17, 15) is 14.7 Å². The lowest BCUT2D eigenvalue weighted by atomic mass is 9.93. The SMILES string of the molecule is CCC1(C(=O)O)CCCN1C(=O)NCCCCC(C)C. The topological polar surface area (TPSA) is 69.6 Å². The number of urea groups is 1. The van der Waals surface area contributed by atoms with Crippen LogP contribution in [0.2, 0.25) is 0 Å². The van der Waals surface area contributed by atoms with E-state index in [2.05, 4.69) is 19.2 Å². The Balaban J connectivity index is 2.44. The molecule has 116 valence electrons. The maximum absolute atomic E-state index is 12.2. The van der Waals surface area contributed by atoms with E-state index < -0.39 is 11.5 Å². The molecule has 0 radical (unpaired) electrons. The highest BCUT2D eigenvalue weighted by atomic mass is 16.4. The number of hydrogen-bond acceptors (Lipinski definition) is 2. The number of hydrogen-bond donors (Lipinski definition) is 2. The Morgan fingerprint density at radius 1 is 1.35 bits per heavy atom.